The predicted octanol–water partition coefficient (Wildman–Crippen LogP) is 4.65. The number of rotatable bonds is 6. The number of anilines is 3. The standard InChI is InChI=1S/C26H24N6O2/c1-4-17(14-27)24-11-18(9-10-28-24)25(33)31-20-6-5-16(2)23(13-20)30-19-7-8-22-21(12-19)26(34)32(3)15-29-22/h5-13,15,17,30H,4H2,1-3H3,(H,31,33). The number of aromatic nitrogens is 3. The molecule has 1 amide bonds. The minimum Gasteiger partial charge on any atom is -0.355 e. The summed E-state index contributed by atoms with van der Waals surface area (Å²) in [6.45, 7) is 3.87. The smallest absolute Gasteiger partial charge is 0.260 e. The Morgan fingerprint density at radius 3 is 2.68 bits per heavy atom. The third-order valence-electron chi connectivity index (χ3n) is 5.66. The van der Waals surface area contributed by atoms with Crippen molar-refractivity contribution in [1.29, 1.82) is 5.26 Å². The molecule has 2 N–H and O–H groups in total. The van der Waals surface area contributed by atoms with Crippen molar-refractivity contribution in [3.8, 4) is 6.07 Å². The van der Waals surface area contributed by atoms with Crippen LogP contribution >= 0.6 is 0 Å². The van der Waals surface area contributed by atoms with Gasteiger partial charge in [0.2, 0.25) is 0 Å². The highest BCUT2D eigenvalue weighted by molar-refractivity contribution is 6.04. The number of aryl methyl sites for hydroxylation is 2. The number of fused-ring (bicyclic) bond motifs is 1. The van der Waals surface area contributed by atoms with Crippen molar-refractivity contribution in [2.45, 2.75) is 26.2 Å². The summed E-state index contributed by atoms with van der Waals surface area (Å²) in [5.74, 6) is -0.636. The van der Waals surface area contributed by atoms with Crippen LogP contribution in [0.5, 0.6) is 0 Å². The molecule has 8 nitrogen and oxygen atoms in total. The van der Waals surface area contributed by atoms with E-state index >= 15 is 0 Å². The second-order valence-electron chi connectivity index (χ2n) is 8.06. The number of nitrogens with zero attached hydrogens (tertiary/aromatic N) is 4. The Kier molecular flexibility index (Phi) is 6.37. The Labute approximate surface area is 196 Å². The molecular weight excluding hydrogens is 428 g/mol. The monoisotopic (exact) mass is 452 g/mol. The maximum Gasteiger partial charge on any atom is 0.260 e. The Bertz CT molecular complexity index is 1490. The number of pyridine rings is 1. The number of hydrogen-bond acceptors (Lipinski definition) is 6. The van der Waals surface area contributed by atoms with Crippen molar-refractivity contribution in [2.24, 2.45) is 7.05 Å². The molecular formula is C26H24N6O2. The van der Waals surface area contributed by atoms with Gasteiger partial charge in [-0.25, -0.2) is 4.98 Å². The molecule has 0 aliphatic carbocycles. The van der Waals surface area contributed by atoms with Gasteiger partial charge in [-0.05, 0) is 61.4 Å². The average Bonchev–Trinajstić information content (AvgIpc) is 2.85. The lowest BCUT2D eigenvalue weighted by atomic mass is 10.0. The van der Waals surface area contributed by atoms with E-state index in [0.29, 0.717) is 34.3 Å². The van der Waals surface area contributed by atoms with Crippen LogP contribution in [0.25, 0.3) is 10.9 Å². The lowest BCUT2D eigenvalue weighted by molar-refractivity contribution is 0.102. The van der Waals surface area contributed by atoms with E-state index in [9.17, 15) is 14.9 Å². The fourth-order valence-electron chi connectivity index (χ4n) is 3.63. The molecule has 1 atom stereocenters. The molecule has 170 valence electrons. The molecule has 2 heterocycles. The summed E-state index contributed by atoms with van der Waals surface area (Å²) in [5, 5.41) is 16.0. The molecule has 0 saturated carbocycles. The van der Waals surface area contributed by atoms with Crippen LogP contribution in [0.1, 0.15) is 40.9 Å². The van der Waals surface area contributed by atoms with E-state index < -0.39 is 0 Å². The molecule has 4 rings (SSSR count). The van der Waals surface area contributed by atoms with Crippen LogP contribution in [-0.2, 0) is 7.05 Å². The van der Waals surface area contributed by atoms with E-state index in [1.165, 1.54) is 10.9 Å². The van der Waals surface area contributed by atoms with Crippen molar-refractivity contribution < 1.29 is 4.79 Å². The van der Waals surface area contributed by atoms with Crippen LogP contribution in [0.15, 0.2) is 65.8 Å². The molecule has 0 fully saturated rings. The molecule has 0 radical (unpaired) electrons. The summed E-state index contributed by atoms with van der Waals surface area (Å²) in [6, 6.07) is 16.5. The van der Waals surface area contributed by atoms with Gasteiger partial charge < -0.3 is 15.2 Å². The van der Waals surface area contributed by atoms with E-state index in [0.717, 1.165) is 16.9 Å². The number of nitrogens with one attached hydrogen (secondary N) is 2. The number of benzene rings is 2. The van der Waals surface area contributed by atoms with Crippen molar-refractivity contribution >= 4 is 33.9 Å². The average molecular weight is 453 g/mol. The fraction of sp³-hybridized carbons (Fsp3) is 0.192. The van der Waals surface area contributed by atoms with Crippen LogP contribution in [0.4, 0.5) is 17.1 Å². The van der Waals surface area contributed by atoms with E-state index in [2.05, 4.69) is 26.7 Å². The third kappa shape index (κ3) is 4.64. The van der Waals surface area contributed by atoms with Gasteiger partial charge in [0, 0.05) is 35.9 Å². The van der Waals surface area contributed by atoms with Crippen LogP contribution < -0.4 is 16.2 Å². The van der Waals surface area contributed by atoms with E-state index in [1.54, 1.807) is 37.5 Å². The summed E-state index contributed by atoms with van der Waals surface area (Å²) in [5.41, 5.74) is 4.65. The van der Waals surface area contributed by atoms with Gasteiger partial charge in [-0.1, -0.05) is 13.0 Å². The first-order chi connectivity index (χ1) is 16.4. The maximum atomic E-state index is 12.8. The largest absolute Gasteiger partial charge is 0.355 e. The van der Waals surface area contributed by atoms with Crippen molar-refractivity contribution in [2.75, 3.05) is 10.6 Å². The first kappa shape index (κ1) is 22.7. The predicted molar refractivity (Wildman–Crippen MR) is 132 cm³/mol. The second-order valence-corrected chi connectivity index (χ2v) is 8.06. The molecule has 1 unspecified atom stereocenters. The van der Waals surface area contributed by atoms with E-state index in [1.807, 2.05) is 38.1 Å². The number of carbonyl (C=O) groups is 1. The van der Waals surface area contributed by atoms with Gasteiger partial charge in [-0.2, -0.15) is 5.26 Å². The van der Waals surface area contributed by atoms with Gasteiger partial charge >= 0.3 is 0 Å². The lowest BCUT2D eigenvalue weighted by Gasteiger charge is -2.13. The molecule has 34 heavy (non-hydrogen) atoms. The van der Waals surface area contributed by atoms with Crippen LogP contribution in [0.2, 0.25) is 0 Å². The van der Waals surface area contributed by atoms with Gasteiger partial charge in [0.1, 0.15) is 0 Å². The summed E-state index contributed by atoms with van der Waals surface area (Å²) < 4.78 is 1.44. The molecule has 2 aromatic heterocycles. The Morgan fingerprint density at radius 1 is 1.12 bits per heavy atom. The summed E-state index contributed by atoms with van der Waals surface area (Å²) >= 11 is 0. The fourth-order valence-corrected chi connectivity index (χ4v) is 3.63. The normalized spacial score (nSPS) is 11.6. The molecule has 8 heteroatoms. The zero-order valence-corrected chi connectivity index (χ0v) is 19.2. The van der Waals surface area contributed by atoms with Gasteiger partial charge in [0.25, 0.3) is 11.5 Å². The highest BCUT2D eigenvalue weighted by atomic mass is 16.1. The maximum absolute atomic E-state index is 12.8. The van der Waals surface area contributed by atoms with Gasteiger partial charge in [0.05, 0.1) is 34.9 Å². The second kappa shape index (κ2) is 9.55. The topological polar surface area (TPSA) is 113 Å². The summed E-state index contributed by atoms with van der Waals surface area (Å²) in [7, 11) is 1.67. The number of hydrogen-bond donors (Lipinski definition) is 2. The van der Waals surface area contributed by atoms with Crippen molar-refractivity contribution in [3.63, 3.8) is 0 Å². The van der Waals surface area contributed by atoms with E-state index in [-0.39, 0.29) is 17.4 Å². The number of nitriles is 1. The quantitative estimate of drug-likeness (QED) is 0.440. The van der Waals surface area contributed by atoms with Gasteiger partial charge in [0.15, 0.2) is 0 Å². The van der Waals surface area contributed by atoms with Crippen molar-refractivity contribution in [3.05, 3.63) is 88.2 Å². The summed E-state index contributed by atoms with van der Waals surface area (Å²) in [6.07, 6.45) is 3.67. The highest BCUT2D eigenvalue weighted by Crippen LogP contribution is 2.26. The molecule has 4 aromatic rings. The van der Waals surface area contributed by atoms with Crippen LogP contribution in [0, 0.1) is 18.3 Å². The Morgan fingerprint density at radius 2 is 1.91 bits per heavy atom. The minimum atomic E-state index is -0.350. The SMILES string of the molecule is CCC(C#N)c1cc(C(=O)Nc2ccc(C)c(Nc3ccc4ncn(C)c(=O)c4c3)c2)ccn1. The number of amides is 1. The first-order valence-electron chi connectivity index (χ1n) is 10.9. The molecule has 0 spiro atoms. The minimum absolute atomic E-state index is 0.121. The third-order valence-corrected chi connectivity index (χ3v) is 5.66. The van der Waals surface area contributed by atoms with E-state index in [4.69, 9.17) is 0 Å². The molecule has 0 aliphatic heterocycles. The zero-order valence-electron chi connectivity index (χ0n) is 19.2. The van der Waals surface area contributed by atoms with Gasteiger partial charge in [-0.3, -0.25) is 14.6 Å². The highest BCUT2D eigenvalue weighted by Gasteiger charge is 2.14. The molecule has 0 saturated heterocycles. The van der Waals surface area contributed by atoms with Crippen molar-refractivity contribution in [1.82, 2.24) is 14.5 Å². The number of carbonyl (C=O) groups excluding carboxylic acids is 1. The van der Waals surface area contributed by atoms with Gasteiger partial charge in [-0.15, -0.1) is 0 Å². The summed E-state index contributed by atoms with van der Waals surface area (Å²) in [4.78, 5) is 33.8. The zero-order chi connectivity index (χ0) is 24.2. The molecule has 0 bridgehead atoms. The Hall–Kier alpha value is -4.51. The van der Waals surface area contributed by atoms with Crippen LogP contribution in [0.3, 0.4) is 0 Å². The molecule has 2 aromatic carbocycles. The Balaban J connectivity index is 1.57. The lowest BCUT2D eigenvalue weighted by Crippen LogP contribution is -2.16. The first-order valence-corrected chi connectivity index (χ1v) is 10.9. The molecule has 0 aliphatic rings. The van der Waals surface area contributed by atoms with Crippen LogP contribution in [-0.4, -0.2) is 20.4 Å².